The highest BCUT2D eigenvalue weighted by atomic mass is 16.4. The van der Waals surface area contributed by atoms with Crippen LogP contribution in [0, 0.1) is 0 Å². The molecule has 11 nitrogen and oxygen atoms in total. The number of phenols is 1. The van der Waals surface area contributed by atoms with E-state index in [9.17, 15) is 15.0 Å². The van der Waals surface area contributed by atoms with Crippen LogP contribution in [0.3, 0.4) is 0 Å². The van der Waals surface area contributed by atoms with Crippen molar-refractivity contribution >= 4 is 34.6 Å². The lowest BCUT2D eigenvalue weighted by molar-refractivity contribution is 0.0693. The molecule has 2 aromatic heterocycles. The summed E-state index contributed by atoms with van der Waals surface area (Å²) in [6.07, 6.45) is -0.592. The standard InChI is InChI=1S/C16H19N7O4/c1-3-23-14-12(21-22-23)13(19-16(20-14)17-7-8(2)24)18-9-4-5-11(25)10(6-9)15(26)27/h4-6,8,24-25H,3,7H2,1-2H3,(H,26,27)(H2,17,18,19,20). The van der Waals surface area contributed by atoms with Gasteiger partial charge in [-0.25, -0.2) is 9.48 Å². The van der Waals surface area contributed by atoms with Gasteiger partial charge in [-0.15, -0.1) is 5.10 Å². The predicted molar refractivity (Wildman–Crippen MR) is 97.3 cm³/mol. The fourth-order valence-electron chi connectivity index (χ4n) is 2.40. The van der Waals surface area contributed by atoms with Crippen LogP contribution in [-0.4, -0.2) is 58.9 Å². The van der Waals surface area contributed by atoms with Crippen molar-refractivity contribution in [2.75, 3.05) is 17.2 Å². The molecule has 3 rings (SSSR count). The van der Waals surface area contributed by atoms with E-state index in [1.807, 2.05) is 6.92 Å². The van der Waals surface area contributed by atoms with Crippen LogP contribution in [0.1, 0.15) is 24.2 Å². The average Bonchev–Trinajstić information content (AvgIpc) is 3.04. The Labute approximate surface area is 153 Å². The maximum atomic E-state index is 11.2. The molecule has 1 aromatic carbocycles. The van der Waals surface area contributed by atoms with Crippen molar-refractivity contribution < 1.29 is 20.1 Å². The van der Waals surface area contributed by atoms with E-state index in [1.54, 1.807) is 11.6 Å². The number of anilines is 3. The Morgan fingerprint density at radius 3 is 2.78 bits per heavy atom. The van der Waals surface area contributed by atoms with E-state index >= 15 is 0 Å². The molecule has 0 saturated carbocycles. The van der Waals surface area contributed by atoms with E-state index in [0.29, 0.717) is 29.2 Å². The fraction of sp³-hybridized carbons (Fsp3) is 0.312. The first-order valence-electron chi connectivity index (χ1n) is 8.25. The van der Waals surface area contributed by atoms with Crippen LogP contribution < -0.4 is 10.6 Å². The number of aromatic hydroxyl groups is 1. The third kappa shape index (κ3) is 3.87. The minimum atomic E-state index is -1.25. The van der Waals surface area contributed by atoms with E-state index in [2.05, 4.69) is 30.9 Å². The molecule has 11 heteroatoms. The summed E-state index contributed by atoms with van der Waals surface area (Å²) in [5.74, 6) is -1.01. The Kier molecular flexibility index (Phi) is 5.03. The van der Waals surface area contributed by atoms with Crippen LogP contribution in [0.2, 0.25) is 0 Å². The summed E-state index contributed by atoms with van der Waals surface area (Å²) in [5.41, 5.74) is 1.05. The first-order chi connectivity index (χ1) is 12.9. The molecule has 0 radical (unpaired) electrons. The molecule has 0 aliphatic heterocycles. The number of aliphatic hydroxyl groups is 1. The van der Waals surface area contributed by atoms with Crippen LogP contribution in [0.15, 0.2) is 18.2 Å². The number of fused-ring (bicyclic) bond motifs is 1. The van der Waals surface area contributed by atoms with Gasteiger partial charge in [0, 0.05) is 18.8 Å². The molecular formula is C16H19N7O4. The molecule has 0 aliphatic rings. The summed E-state index contributed by atoms with van der Waals surface area (Å²) < 4.78 is 1.59. The zero-order valence-corrected chi connectivity index (χ0v) is 14.7. The number of nitrogens with one attached hydrogen (secondary N) is 2. The van der Waals surface area contributed by atoms with Crippen LogP contribution in [0.5, 0.6) is 5.75 Å². The lowest BCUT2D eigenvalue weighted by Crippen LogP contribution is -2.17. The number of aromatic nitrogens is 5. The minimum absolute atomic E-state index is 0.241. The number of hydrogen-bond acceptors (Lipinski definition) is 9. The molecule has 142 valence electrons. The third-order valence-electron chi connectivity index (χ3n) is 3.71. The van der Waals surface area contributed by atoms with Gasteiger partial charge >= 0.3 is 5.97 Å². The Morgan fingerprint density at radius 1 is 1.33 bits per heavy atom. The SMILES string of the molecule is CCn1nnc2c(Nc3ccc(O)c(C(=O)O)c3)nc(NCC(C)O)nc21. The highest BCUT2D eigenvalue weighted by Crippen LogP contribution is 2.27. The van der Waals surface area contributed by atoms with E-state index < -0.39 is 12.1 Å². The van der Waals surface area contributed by atoms with Gasteiger partial charge in [-0.05, 0) is 32.0 Å². The lowest BCUT2D eigenvalue weighted by atomic mass is 10.2. The first kappa shape index (κ1) is 18.3. The number of hydrogen-bond donors (Lipinski definition) is 5. The fourth-order valence-corrected chi connectivity index (χ4v) is 2.40. The average molecular weight is 373 g/mol. The van der Waals surface area contributed by atoms with E-state index in [0.717, 1.165) is 0 Å². The van der Waals surface area contributed by atoms with Crippen molar-refractivity contribution in [3.63, 3.8) is 0 Å². The van der Waals surface area contributed by atoms with Gasteiger partial charge in [0.25, 0.3) is 0 Å². The molecular weight excluding hydrogens is 354 g/mol. The van der Waals surface area contributed by atoms with Crippen molar-refractivity contribution in [2.24, 2.45) is 0 Å². The predicted octanol–water partition coefficient (Wildman–Crippen LogP) is 1.18. The van der Waals surface area contributed by atoms with Crippen molar-refractivity contribution in [3.8, 4) is 5.75 Å². The van der Waals surface area contributed by atoms with Crippen LogP contribution in [0.25, 0.3) is 11.2 Å². The topological polar surface area (TPSA) is 158 Å². The Bertz CT molecular complexity index is 986. The van der Waals surface area contributed by atoms with Crippen LogP contribution >= 0.6 is 0 Å². The summed E-state index contributed by atoms with van der Waals surface area (Å²) in [4.78, 5) is 19.9. The highest BCUT2D eigenvalue weighted by Gasteiger charge is 2.16. The van der Waals surface area contributed by atoms with Gasteiger partial charge in [0.1, 0.15) is 11.3 Å². The molecule has 5 N–H and O–H groups in total. The molecule has 1 atom stereocenters. The number of carboxylic acids is 1. The molecule has 1 unspecified atom stereocenters. The van der Waals surface area contributed by atoms with Gasteiger partial charge in [-0.1, -0.05) is 5.21 Å². The number of aryl methyl sites for hydroxylation is 1. The van der Waals surface area contributed by atoms with Crippen molar-refractivity contribution in [3.05, 3.63) is 23.8 Å². The molecule has 27 heavy (non-hydrogen) atoms. The largest absolute Gasteiger partial charge is 0.507 e. The van der Waals surface area contributed by atoms with Crippen LogP contribution in [0.4, 0.5) is 17.5 Å². The molecule has 0 spiro atoms. The number of nitrogens with zero attached hydrogens (tertiary/aromatic N) is 5. The molecule has 0 fully saturated rings. The van der Waals surface area contributed by atoms with Gasteiger partial charge in [0.2, 0.25) is 5.95 Å². The second kappa shape index (κ2) is 7.41. The lowest BCUT2D eigenvalue weighted by Gasteiger charge is -2.11. The molecule has 0 bridgehead atoms. The zero-order valence-electron chi connectivity index (χ0n) is 14.7. The molecule has 0 amide bonds. The van der Waals surface area contributed by atoms with Gasteiger partial charge in [-0.2, -0.15) is 9.97 Å². The smallest absolute Gasteiger partial charge is 0.339 e. The minimum Gasteiger partial charge on any atom is -0.507 e. The Balaban J connectivity index is 2.03. The summed E-state index contributed by atoms with van der Waals surface area (Å²) in [5, 5.41) is 42.3. The van der Waals surface area contributed by atoms with E-state index in [1.165, 1.54) is 18.2 Å². The van der Waals surface area contributed by atoms with Gasteiger partial charge in [0.05, 0.1) is 6.10 Å². The van der Waals surface area contributed by atoms with Crippen LogP contribution in [-0.2, 0) is 6.54 Å². The molecule has 3 aromatic rings. The number of benzene rings is 1. The summed E-state index contributed by atoms with van der Waals surface area (Å²) in [6, 6.07) is 4.08. The highest BCUT2D eigenvalue weighted by molar-refractivity contribution is 5.93. The molecule has 2 heterocycles. The zero-order chi connectivity index (χ0) is 19.6. The van der Waals surface area contributed by atoms with Crippen molar-refractivity contribution in [1.29, 1.82) is 0 Å². The Hall–Kier alpha value is -3.47. The maximum Gasteiger partial charge on any atom is 0.339 e. The second-order valence-electron chi connectivity index (χ2n) is 5.87. The number of rotatable bonds is 7. The van der Waals surface area contributed by atoms with Gasteiger partial charge < -0.3 is 26.0 Å². The van der Waals surface area contributed by atoms with Crippen molar-refractivity contribution in [1.82, 2.24) is 25.0 Å². The quantitative estimate of drug-likeness (QED) is 0.381. The number of aromatic carboxylic acids is 1. The number of carbonyl (C=O) groups is 1. The maximum absolute atomic E-state index is 11.2. The Morgan fingerprint density at radius 2 is 2.11 bits per heavy atom. The van der Waals surface area contributed by atoms with Gasteiger partial charge in [0.15, 0.2) is 17.0 Å². The monoisotopic (exact) mass is 373 g/mol. The summed E-state index contributed by atoms with van der Waals surface area (Å²) in [7, 11) is 0. The third-order valence-corrected chi connectivity index (χ3v) is 3.71. The second-order valence-corrected chi connectivity index (χ2v) is 5.87. The molecule has 0 saturated heterocycles. The van der Waals surface area contributed by atoms with E-state index in [-0.39, 0.29) is 23.8 Å². The summed E-state index contributed by atoms with van der Waals surface area (Å²) in [6.45, 7) is 4.32. The number of aliphatic hydroxyl groups excluding tert-OH is 1. The van der Waals surface area contributed by atoms with Crippen molar-refractivity contribution in [2.45, 2.75) is 26.5 Å². The number of carboxylic acid groups (broad SMARTS) is 1. The summed E-state index contributed by atoms with van der Waals surface area (Å²) >= 11 is 0. The molecule has 0 aliphatic carbocycles. The van der Waals surface area contributed by atoms with Gasteiger partial charge in [-0.3, -0.25) is 0 Å². The van der Waals surface area contributed by atoms with E-state index in [4.69, 9.17) is 5.11 Å². The normalized spacial score (nSPS) is 12.1. The first-order valence-corrected chi connectivity index (χ1v) is 8.25.